The molecule has 10 heteroatoms. The number of fused-ring (bicyclic) bond motifs is 1. The van der Waals surface area contributed by atoms with Crippen LogP contribution in [0, 0.1) is 0 Å². The molecule has 3 rings (SSSR count). The van der Waals surface area contributed by atoms with Crippen molar-refractivity contribution in [1.82, 2.24) is 19.9 Å². The van der Waals surface area contributed by atoms with E-state index in [0.717, 1.165) is 17.3 Å². The quantitative estimate of drug-likeness (QED) is 0.751. The summed E-state index contributed by atoms with van der Waals surface area (Å²) in [6.07, 6.45) is -3.44. The first kappa shape index (κ1) is 18.2. The van der Waals surface area contributed by atoms with Gasteiger partial charge in [-0.05, 0) is 17.7 Å². The second-order valence-electron chi connectivity index (χ2n) is 5.55. The molecule has 0 aliphatic heterocycles. The lowest BCUT2D eigenvalue weighted by Gasteiger charge is -2.16. The summed E-state index contributed by atoms with van der Waals surface area (Å²) in [6.45, 7) is 0.224. The highest BCUT2D eigenvalue weighted by molar-refractivity contribution is 7.13. The molecule has 0 fully saturated rings. The summed E-state index contributed by atoms with van der Waals surface area (Å²) in [6, 6.07) is 5.35. The molecule has 0 aliphatic rings. The molecule has 0 saturated carbocycles. The van der Waals surface area contributed by atoms with Crippen LogP contribution in [0.4, 0.5) is 13.2 Å². The second kappa shape index (κ2) is 6.96. The standard InChI is InChI=1S/C16H13F3N4O2S/c1-23(8-9-2-3-10-11(6-9)21-5-4-20-10)15(25)14-22-7-12(26-14)13(24)16(17,18)19/h2-7,13,24H,8H2,1H3. The van der Waals surface area contributed by atoms with E-state index < -0.39 is 23.1 Å². The SMILES string of the molecule is CN(Cc1ccc2nccnc2c1)C(=O)c1ncc(C(O)C(F)(F)F)s1. The summed E-state index contributed by atoms with van der Waals surface area (Å²) in [4.78, 5) is 25.3. The Morgan fingerprint density at radius 2 is 1.92 bits per heavy atom. The summed E-state index contributed by atoms with van der Waals surface area (Å²) in [5, 5.41) is 9.12. The van der Waals surface area contributed by atoms with Crippen LogP contribution in [-0.2, 0) is 6.54 Å². The monoisotopic (exact) mass is 382 g/mol. The second-order valence-corrected chi connectivity index (χ2v) is 6.61. The number of nitrogens with zero attached hydrogens (tertiary/aromatic N) is 4. The molecule has 0 saturated heterocycles. The van der Waals surface area contributed by atoms with E-state index in [1.807, 2.05) is 0 Å². The van der Waals surface area contributed by atoms with E-state index in [9.17, 15) is 23.1 Å². The number of carbonyl (C=O) groups excluding carboxylic acids is 1. The van der Waals surface area contributed by atoms with Gasteiger partial charge in [0.15, 0.2) is 11.1 Å². The first-order valence-corrected chi connectivity index (χ1v) is 8.23. The van der Waals surface area contributed by atoms with Crippen molar-refractivity contribution in [3.8, 4) is 0 Å². The molecule has 26 heavy (non-hydrogen) atoms. The number of hydrogen-bond acceptors (Lipinski definition) is 6. The minimum absolute atomic E-state index is 0.119. The molecule has 0 aliphatic carbocycles. The average molecular weight is 382 g/mol. The fourth-order valence-electron chi connectivity index (χ4n) is 2.29. The van der Waals surface area contributed by atoms with E-state index in [4.69, 9.17) is 0 Å². The van der Waals surface area contributed by atoms with Gasteiger partial charge < -0.3 is 10.0 Å². The Kier molecular flexibility index (Phi) is 4.88. The van der Waals surface area contributed by atoms with Crippen LogP contribution in [0.25, 0.3) is 11.0 Å². The summed E-state index contributed by atoms with van der Waals surface area (Å²) in [7, 11) is 1.52. The van der Waals surface area contributed by atoms with Gasteiger partial charge in [0.05, 0.1) is 15.9 Å². The van der Waals surface area contributed by atoms with Crippen molar-refractivity contribution < 1.29 is 23.1 Å². The van der Waals surface area contributed by atoms with Crippen LogP contribution in [0.5, 0.6) is 0 Å². The van der Waals surface area contributed by atoms with Crippen molar-refractivity contribution in [1.29, 1.82) is 0 Å². The van der Waals surface area contributed by atoms with E-state index in [-0.39, 0.29) is 11.6 Å². The van der Waals surface area contributed by atoms with E-state index in [0.29, 0.717) is 16.9 Å². The lowest BCUT2D eigenvalue weighted by atomic mass is 10.2. The van der Waals surface area contributed by atoms with E-state index >= 15 is 0 Å². The highest BCUT2D eigenvalue weighted by Gasteiger charge is 2.41. The number of carbonyl (C=O) groups is 1. The number of hydrogen-bond donors (Lipinski definition) is 1. The molecule has 1 atom stereocenters. The number of amides is 1. The van der Waals surface area contributed by atoms with E-state index in [1.54, 1.807) is 30.6 Å². The van der Waals surface area contributed by atoms with E-state index in [1.165, 1.54) is 11.9 Å². The maximum Gasteiger partial charge on any atom is 0.419 e. The van der Waals surface area contributed by atoms with Crippen molar-refractivity contribution in [3.63, 3.8) is 0 Å². The van der Waals surface area contributed by atoms with Crippen LogP contribution >= 0.6 is 11.3 Å². The largest absolute Gasteiger partial charge is 0.419 e. The van der Waals surface area contributed by atoms with Crippen LogP contribution in [0.2, 0.25) is 0 Å². The molecule has 0 spiro atoms. The molecule has 2 aromatic heterocycles. The molecule has 0 bridgehead atoms. The molecule has 1 N–H and O–H groups in total. The van der Waals surface area contributed by atoms with Crippen molar-refractivity contribution in [2.45, 2.75) is 18.8 Å². The molecule has 136 valence electrons. The molecular formula is C16H13F3N4O2S. The van der Waals surface area contributed by atoms with Gasteiger partial charge >= 0.3 is 6.18 Å². The zero-order chi connectivity index (χ0) is 18.9. The van der Waals surface area contributed by atoms with Crippen LogP contribution < -0.4 is 0 Å². The molecule has 1 amide bonds. The first-order valence-electron chi connectivity index (χ1n) is 7.41. The van der Waals surface area contributed by atoms with Crippen molar-refractivity contribution in [2.24, 2.45) is 0 Å². The van der Waals surface area contributed by atoms with Gasteiger partial charge in [-0.25, -0.2) is 4.98 Å². The summed E-state index contributed by atoms with van der Waals surface area (Å²) in [5.74, 6) is -0.533. The van der Waals surface area contributed by atoms with Crippen LogP contribution in [-0.4, -0.2) is 44.1 Å². The number of rotatable bonds is 4. The maximum atomic E-state index is 12.5. The van der Waals surface area contributed by atoms with Gasteiger partial charge in [-0.3, -0.25) is 14.8 Å². The predicted octanol–water partition coefficient (Wildman–Crippen LogP) is 2.95. The highest BCUT2D eigenvalue weighted by atomic mass is 32.1. The molecule has 0 radical (unpaired) electrons. The Bertz CT molecular complexity index is 944. The number of thiazole rings is 1. The van der Waals surface area contributed by atoms with Crippen LogP contribution in [0.15, 0.2) is 36.8 Å². The van der Waals surface area contributed by atoms with Crippen molar-refractivity contribution in [3.05, 3.63) is 52.2 Å². The Hall–Kier alpha value is -2.59. The van der Waals surface area contributed by atoms with Crippen molar-refractivity contribution >= 4 is 28.3 Å². The third-order valence-corrected chi connectivity index (χ3v) is 4.62. The van der Waals surface area contributed by atoms with Gasteiger partial charge in [0, 0.05) is 32.2 Å². The Balaban J connectivity index is 1.74. The topological polar surface area (TPSA) is 79.2 Å². The summed E-state index contributed by atoms with van der Waals surface area (Å²) in [5.41, 5.74) is 2.19. The highest BCUT2D eigenvalue weighted by Crippen LogP contribution is 2.35. The van der Waals surface area contributed by atoms with Gasteiger partial charge in [-0.2, -0.15) is 13.2 Å². The zero-order valence-electron chi connectivity index (χ0n) is 13.4. The number of aliphatic hydroxyl groups is 1. The van der Waals surface area contributed by atoms with Crippen LogP contribution in [0.1, 0.15) is 26.3 Å². The fraction of sp³-hybridized carbons (Fsp3) is 0.250. The lowest BCUT2D eigenvalue weighted by molar-refractivity contribution is -0.205. The third kappa shape index (κ3) is 3.81. The molecule has 3 aromatic rings. The zero-order valence-corrected chi connectivity index (χ0v) is 14.3. The van der Waals surface area contributed by atoms with Gasteiger partial charge in [0.2, 0.25) is 0 Å². The third-order valence-electron chi connectivity index (χ3n) is 3.59. The number of benzene rings is 1. The molecular weight excluding hydrogens is 369 g/mol. The minimum Gasteiger partial charge on any atom is -0.379 e. The predicted molar refractivity (Wildman–Crippen MR) is 88.5 cm³/mol. The lowest BCUT2D eigenvalue weighted by Crippen LogP contribution is -2.26. The van der Waals surface area contributed by atoms with Gasteiger partial charge in [-0.15, -0.1) is 11.3 Å². The Morgan fingerprint density at radius 1 is 1.23 bits per heavy atom. The first-order chi connectivity index (χ1) is 12.3. The Labute approximate surface area is 150 Å². The normalized spacial score (nSPS) is 13.0. The van der Waals surface area contributed by atoms with Gasteiger partial charge in [0.1, 0.15) is 0 Å². The van der Waals surface area contributed by atoms with Gasteiger partial charge in [0.25, 0.3) is 5.91 Å². The molecule has 1 unspecified atom stereocenters. The number of aliphatic hydroxyl groups excluding tert-OH is 1. The fourth-order valence-corrected chi connectivity index (χ4v) is 3.21. The average Bonchev–Trinajstić information content (AvgIpc) is 3.09. The molecule has 6 nitrogen and oxygen atoms in total. The van der Waals surface area contributed by atoms with Crippen LogP contribution in [0.3, 0.4) is 0 Å². The molecule has 1 aromatic carbocycles. The van der Waals surface area contributed by atoms with Gasteiger partial charge in [-0.1, -0.05) is 6.07 Å². The number of aromatic nitrogens is 3. The van der Waals surface area contributed by atoms with E-state index in [2.05, 4.69) is 15.0 Å². The minimum atomic E-state index is -4.80. The number of halogens is 3. The summed E-state index contributed by atoms with van der Waals surface area (Å²) >= 11 is 0.523. The maximum absolute atomic E-state index is 12.5. The van der Waals surface area contributed by atoms with Crippen molar-refractivity contribution in [2.75, 3.05) is 7.05 Å². The number of alkyl halides is 3. The molecule has 2 heterocycles. The summed E-state index contributed by atoms with van der Waals surface area (Å²) < 4.78 is 37.6. The Morgan fingerprint density at radius 3 is 2.62 bits per heavy atom. The smallest absolute Gasteiger partial charge is 0.379 e.